The highest BCUT2D eigenvalue weighted by Gasteiger charge is 2.17. The Balaban J connectivity index is 1.05. The third-order valence-corrected chi connectivity index (χ3v) is 9.21. The quantitative estimate of drug-likeness (QED) is 0.135. The smallest absolute Gasteiger partial charge is 0.124 e. The van der Waals surface area contributed by atoms with Gasteiger partial charge in [-0.2, -0.15) is 5.10 Å². The lowest BCUT2D eigenvalue weighted by molar-refractivity contribution is 0.334. The van der Waals surface area contributed by atoms with Crippen LogP contribution in [0.4, 0.5) is 4.39 Å². The molecule has 8 nitrogen and oxygen atoms in total. The summed E-state index contributed by atoms with van der Waals surface area (Å²) in [7, 11) is 0. The van der Waals surface area contributed by atoms with E-state index in [1.807, 2.05) is 42.9 Å². The predicted molar refractivity (Wildman–Crippen MR) is 189 cm³/mol. The molecule has 2 aromatic carbocycles. The number of aromatic amines is 2. The fourth-order valence-electron chi connectivity index (χ4n) is 6.81. The molecule has 0 atom stereocenters. The van der Waals surface area contributed by atoms with Crippen molar-refractivity contribution in [3.63, 3.8) is 0 Å². The average molecular weight is 637 g/mol. The van der Waals surface area contributed by atoms with Gasteiger partial charge in [0.05, 0.1) is 28.8 Å². The molecule has 48 heavy (non-hydrogen) atoms. The van der Waals surface area contributed by atoms with Crippen LogP contribution in [0, 0.1) is 5.82 Å². The van der Waals surface area contributed by atoms with E-state index >= 15 is 0 Å². The first-order valence-electron chi connectivity index (χ1n) is 16.7. The van der Waals surface area contributed by atoms with E-state index < -0.39 is 0 Å². The van der Waals surface area contributed by atoms with Gasteiger partial charge < -0.3 is 15.2 Å². The van der Waals surface area contributed by atoms with Crippen molar-refractivity contribution in [3.8, 4) is 33.9 Å². The standard InChI is InChI=1S/C39H37FN8/c40-31-17-27(9-6-14-48-12-4-5-13-48)15-29(18-31)38-32-20-36(45-34(32)10-11-43-38)39-33-19-35(44-25-37(33)46-47-39)30-16-28(23-42-24-30)22-41-21-26-7-2-1-3-8-26/h1-3,7-8,10-11,15-20,23-25,41,45H,4-6,9,12-14,21-22H2,(H,46,47). The Hall–Kier alpha value is -5.25. The zero-order valence-electron chi connectivity index (χ0n) is 26.7. The Kier molecular flexibility index (Phi) is 8.45. The second-order valence-electron chi connectivity index (χ2n) is 12.7. The maximum Gasteiger partial charge on any atom is 0.124 e. The van der Waals surface area contributed by atoms with Crippen molar-refractivity contribution >= 4 is 21.8 Å². The Morgan fingerprint density at radius 2 is 1.58 bits per heavy atom. The summed E-state index contributed by atoms with van der Waals surface area (Å²) in [6.45, 7) is 4.90. The van der Waals surface area contributed by atoms with E-state index in [-0.39, 0.29) is 5.82 Å². The topological polar surface area (TPSA) is 98.4 Å². The average Bonchev–Trinajstić information content (AvgIpc) is 3.88. The fraction of sp³-hybridized carbons (Fsp3) is 0.231. The van der Waals surface area contributed by atoms with Crippen LogP contribution in [-0.4, -0.2) is 54.7 Å². The van der Waals surface area contributed by atoms with Crippen LogP contribution in [0.25, 0.3) is 55.7 Å². The van der Waals surface area contributed by atoms with Gasteiger partial charge in [-0.1, -0.05) is 30.3 Å². The number of rotatable bonds is 11. The first kappa shape index (κ1) is 30.1. The van der Waals surface area contributed by atoms with Gasteiger partial charge in [0.1, 0.15) is 11.5 Å². The van der Waals surface area contributed by atoms with Crippen LogP contribution in [0.1, 0.15) is 36.0 Å². The summed E-state index contributed by atoms with van der Waals surface area (Å²) in [6, 6.07) is 23.9. The van der Waals surface area contributed by atoms with E-state index in [1.54, 1.807) is 18.3 Å². The van der Waals surface area contributed by atoms with E-state index in [4.69, 9.17) is 9.97 Å². The van der Waals surface area contributed by atoms with Crippen molar-refractivity contribution in [2.24, 2.45) is 0 Å². The normalized spacial score (nSPS) is 13.6. The molecule has 0 aliphatic carbocycles. The number of hydrogen-bond acceptors (Lipinski definition) is 6. The first-order valence-corrected chi connectivity index (χ1v) is 16.7. The minimum absolute atomic E-state index is 0.234. The number of aromatic nitrogens is 6. The van der Waals surface area contributed by atoms with Crippen LogP contribution in [0.3, 0.4) is 0 Å². The van der Waals surface area contributed by atoms with E-state index in [1.165, 1.54) is 31.5 Å². The molecular formula is C39H37FN8. The van der Waals surface area contributed by atoms with Crippen LogP contribution in [-0.2, 0) is 19.5 Å². The summed E-state index contributed by atoms with van der Waals surface area (Å²) in [5.41, 5.74) is 10.0. The Morgan fingerprint density at radius 3 is 2.48 bits per heavy atom. The second kappa shape index (κ2) is 13.5. The van der Waals surface area contributed by atoms with Crippen molar-refractivity contribution < 1.29 is 4.39 Å². The van der Waals surface area contributed by atoms with Crippen LogP contribution in [0.15, 0.2) is 97.6 Å². The molecule has 0 unspecified atom stereocenters. The molecule has 7 aromatic rings. The number of pyridine rings is 3. The molecule has 1 saturated heterocycles. The van der Waals surface area contributed by atoms with Gasteiger partial charge in [0.15, 0.2) is 0 Å². The molecule has 0 radical (unpaired) electrons. The number of nitrogens with zero attached hydrogens (tertiary/aromatic N) is 5. The van der Waals surface area contributed by atoms with Crippen molar-refractivity contribution in [2.75, 3.05) is 19.6 Å². The molecule has 6 heterocycles. The predicted octanol–water partition coefficient (Wildman–Crippen LogP) is 7.69. The van der Waals surface area contributed by atoms with Gasteiger partial charge in [0.25, 0.3) is 0 Å². The van der Waals surface area contributed by atoms with Crippen molar-refractivity contribution in [1.82, 2.24) is 40.3 Å². The number of aryl methyl sites for hydroxylation is 1. The number of benzene rings is 2. The molecule has 8 rings (SSSR count). The van der Waals surface area contributed by atoms with E-state index in [0.717, 1.165) is 92.8 Å². The minimum Gasteiger partial charge on any atom is -0.353 e. The third kappa shape index (κ3) is 6.47. The Bertz CT molecular complexity index is 2180. The van der Waals surface area contributed by atoms with Gasteiger partial charge >= 0.3 is 0 Å². The lowest BCUT2D eigenvalue weighted by Crippen LogP contribution is -2.20. The summed E-state index contributed by atoms with van der Waals surface area (Å²) in [5.74, 6) is -0.234. The van der Waals surface area contributed by atoms with Gasteiger partial charge in [-0.15, -0.1) is 0 Å². The summed E-state index contributed by atoms with van der Waals surface area (Å²) >= 11 is 0. The lowest BCUT2D eigenvalue weighted by atomic mass is 10.0. The Labute approximate surface area is 278 Å². The largest absolute Gasteiger partial charge is 0.353 e. The van der Waals surface area contributed by atoms with Crippen LogP contribution in [0.2, 0.25) is 0 Å². The first-order chi connectivity index (χ1) is 23.7. The Morgan fingerprint density at radius 1 is 0.750 bits per heavy atom. The maximum absolute atomic E-state index is 14.9. The third-order valence-electron chi connectivity index (χ3n) is 9.21. The molecule has 1 aliphatic heterocycles. The number of halogens is 1. The summed E-state index contributed by atoms with van der Waals surface area (Å²) in [5, 5.41) is 13.2. The van der Waals surface area contributed by atoms with Gasteiger partial charge in [-0.25, -0.2) is 4.39 Å². The van der Waals surface area contributed by atoms with Gasteiger partial charge in [-0.05, 0) is 104 Å². The van der Waals surface area contributed by atoms with Crippen LogP contribution in [0.5, 0.6) is 0 Å². The summed E-state index contributed by atoms with van der Waals surface area (Å²) in [4.78, 5) is 20.0. The monoisotopic (exact) mass is 636 g/mol. The SMILES string of the molecule is Fc1cc(CCCN2CCCC2)cc(-c2nccc3[nH]c(-c4n[nH]c5cnc(-c6cncc(CNCc7ccccc7)c6)cc45)cc23)c1. The molecule has 3 N–H and O–H groups in total. The highest BCUT2D eigenvalue weighted by molar-refractivity contribution is 6.00. The zero-order chi connectivity index (χ0) is 32.3. The minimum atomic E-state index is -0.234. The van der Waals surface area contributed by atoms with Crippen LogP contribution >= 0.6 is 0 Å². The van der Waals surface area contributed by atoms with E-state index in [0.29, 0.717) is 6.54 Å². The molecule has 0 saturated carbocycles. The van der Waals surface area contributed by atoms with Gasteiger partial charge in [0.2, 0.25) is 0 Å². The number of H-pyrrole nitrogens is 2. The molecular weight excluding hydrogens is 599 g/mol. The molecule has 9 heteroatoms. The molecule has 1 aliphatic rings. The van der Waals surface area contributed by atoms with Crippen molar-refractivity contribution in [2.45, 2.75) is 38.8 Å². The highest BCUT2D eigenvalue weighted by atomic mass is 19.1. The number of nitrogens with one attached hydrogen (secondary N) is 3. The lowest BCUT2D eigenvalue weighted by Gasteiger charge is -2.14. The number of likely N-dealkylation sites (tertiary alicyclic amines) is 1. The fourth-order valence-corrected chi connectivity index (χ4v) is 6.81. The highest BCUT2D eigenvalue weighted by Crippen LogP contribution is 2.34. The summed E-state index contributed by atoms with van der Waals surface area (Å²) < 4.78 is 14.9. The molecule has 5 aromatic heterocycles. The van der Waals surface area contributed by atoms with Crippen LogP contribution < -0.4 is 5.32 Å². The number of fused-ring (bicyclic) bond motifs is 2. The molecule has 240 valence electrons. The van der Waals surface area contributed by atoms with Gasteiger partial charge in [0, 0.05) is 59.1 Å². The van der Waals surface area contributed by atoms with E-state index in [2.05, 4.69) is 66.8 Å². The second-order valence-corrected chi connectivity index (χ2v) is 12.7. The molecule has 1 fully saturated rings. The van der Waals surface area contributed by atoms with Gasteiger partial charge in [-0.3, -0.25) is 20.1 Å². The zero-order valence-corrected chi connectivity index (χ0v) is 26.7. The van der Waals surface area contributed by atoms with Crippen molar-refractivity contribution in [3.05, 3.63) is 120 Å². The van der Waals surface area contributed by atoms with E-state index in [9.17, 15) is 4.39 Å². The van der Waals surface area contributed by atoms with Crippen molar-refractivity contribution in [1.29, 1.82) is 0 Å². The molecule has 0 bridgehead atoms. The molecule has 0 amide bonds. The number of hydrogen-bond donors (Lipinski definition) is 3. The molecule has 0 spiro atoms. The summed E-state index contributed by atoms with van der Waals surface area (Å²) in [6.07, 6.45) is 11.7. The maximum atomic E-state index is 14.9.